The molecule has 0 saturated carbocycles. The molecule has 4 nitrogen and oxygen atoms in total. The standard InChI is InChI=1S/C5H3BrN2O2/c6-4-1-2-7-5(3-4)8(9)10/h1-3H. The summed E-state index contributed by atoms with van der Waals surface area (Å²) in [6.07, 6.45) is 1.38. The summed E-state index contributed by atoms with van der Waals surface area (Å²) in [6.45, 7) is 0. The van der Waals surface area contributed by atoms with E-state index in [2.05, 4.69) is 20.9 Å². The number of pyridine rings is 1. The Morgan fingerprint density at radius 1 is 1.70 bits per heavy atom. The second kappa shape index (κ2) is 2.74. The van der Waals surface area contributed by atoms with E-state index in [1.807, 2.05) is 0 Å². The van der Waals surface area contributed by atoms with Crippen LogP contribution in [0.15, 0.2) is 22.8 Å². The summed E-state index contributed by atoms with van der Waals surface area (Å²) >= 11 is 3.09. The Hall–Kier alpha value is -0.970. The fourth-order valence-electron chi connectivity index (χ4n) is 0.493. The maximum atomic E-state index is 10.1. The van der Waals surface area contributed by atoms with Crippen molar-refractivity contribution < 1.29 is 4.92 Å². The summed E-state index contributed by atoms with van der Waals surface area (Å²) in [5.41, 5.74) is 0. The molecule has 0 radical (unpaired) electrons. The van der Waals surface area contributed by atoms with Crippen LogP contribution in [0.1, 0.15) is 0 Å². The van der Waals surface area contributed by atoms with Crippen LogP contribution in [0, 0.1) is 10.1 Å². The molecule has 1 aromatic heterocycles. The van der Waals surface area contributed by atoms with Crippen LogP contribution < -0.4 is 0 Å². The lowest BCUT2D eigenvalue weighted by Crippen LogP contribution is -1.89. The molecule has 1 aromatic rings. The molecule has 0 spiro atoms. The molecule has 0 aromatic carbocycles. The number of rotatable bonds is 1. The van der Waals surface area contributed by atoms with Gasteiger partial charge in [-0.1, -0.05) is 15.9 Å². The maximum Gasteiger partial charge on any atom is 0.364 e. The van der Waals surface area contributed by atoms with Crippen molar-refractivity contribution in [2.24, 2.45) is 0 Å². The highest BCUT2D eigenvalue weighted by Crippen LogP contribution is 2.13. The van der Waals surface area contributed by atoms with Crippen molar-refractivity contribution in [2.75, 3.05) is 0 Å². The summed E-state index contributed by atoms with van der Waals surface area (Å²) < 4.78 is 0.661. The van der Waals surface area contributed by atoms with Crippen molar-refractivity contribution in [1.82, 2.24) is 4.98 Å². The van der Waals surface area contributed by atoms with E-state index in [0.29, 0.717) is 4.47 Å². The Labute approximate surface area is 65.2 Å². The molecule has 0 bridgehead atoms. The molecule has 0 aliphatic rings. The molecule has 52 valence electrons. The van der Waals surface area contributed by atoms with Crippen molar-refractivity contribution in [1.29, 1.82) is 0 Å². The molecule has 1 heterocycles. The average molecular weight is 203 g/mol. The number of halogens is 1. The number of nitrogens with zero attached hydrogens (tertiary/aromatic N) is 2. The van der Waals surface area contributed by atoms with Crippen LogP contribution in [0.5, 0.6) is 0 Å². The fourth-order valence-corrected chi connectivity index (χ4v) is 0.816. The van der Waals surface area contributed by atoms with Gasteiger partial charge in [0.15, 0.2) is 0 Å². The quantitative estimate of drug-likeness (QED) is 0.516. The molecule has 10 heavy (non-hydrogen) atoms. The number of hydrogen-bond acceptors (Lipinski definition) is 3. The highest BCUT2D eigenvalue weighted by atomic mass is 79.9. The van der Waals surface area contributed by atoms with E-state index in [9.17, 15) is 10.1 Å². The lowest BCUT2D eigenvalue weighted by Gasteiger charge is -1.89. The zero-order valence-corrected chi connectivity index (χ0v) is 6.41. The normalized spacial score (nSPS) is 9.30. The topological polar surface area (TPSA) is 56.0 Å². The Morgan fingerprint density at radius 3 is 2.80 bits per heavy atom. The number of aromatic nitrogens is 1. The van der Waals surface area contributed by atoms with E-state index in [0.717, 1.165) is 0 Å². The van der Waals surface area contributed by atoms with Crippen LogP contribution in [0.25, 0.3) is 0 Å². The lowest BCUT2D eigenvalue weighted by molar-refractivity contribution is -0.389. The third kappa shape index (κ3) is 1.51. The minimum absolute atomic E-state index is 0.144. The Kier molecular flexibility index (Phi) is 1.96. The van der Waals surface area contributed by atoms with Gasteiger partial charge in [-0.3, -0.25) is 0 Å². The molecule has 0 amide bonds. The van der Waals surface area contributed by atoms with E-state index in [4.69, 9.17) is 0 Å². The second-order valence-corrected chi connectivity index (χ2v) is 2.51. The summed E-state index contributed by atoms with van der Waals surface area (Å²) in [7, 11) is 0. The van der Waals surface area contributed by atoms with Gasteiger partial charge in [0.1, 0.15) is 6.20 Å². The molecule has 0 N–H and O–H groups in total. The first kappa shape index (κ1) is 7.14. The molecular formula is C5H3BrN2O2. The predicted molar refractivity (Wildman–Crippen MR) is 38.6 cm³/mol. The van der Waals surface area contributed by atoms with Gasteiger partial charge in [0.2, 0.25) is 0 Å². The van der Waals surface area contributed by atoms with Crippen LogP contribution in [-0.2, 0) is 0 Å². The molecule has 0 unspecified atom stereocenters. The predicted octanol–water partition coefficient (Wildman–Crippen LogP) is 1.75. The maximum absolute atomic E-state index is 10.1. The summed E-state index contributed by atoms with van der Waals surface area (Å²) in [4.78, 5) is 13.0. The molecule has 1 rings (SSSR count). The van der Waals surface area contributed by atoms with Gasteiger partial charge in [0.05, 0.1) is 6.07 Å². The van der Waals surface area contributed by atoms with Gasteiger partial charge in [-0.05, 0) is 16.0 Å². The molecule has 0 fully saturated rings. The Bertz CT molecular complexity index is 264. The number of hydrogen-bond donors (Lipinski definition) is 0. The van der Waals surface area contributed by atoms with Gasteiger partial charge in [-0.25, -0.2) is 0 Å². The van der Waals surface area contributed by atoms with Crippen LogP contribution >= 0.6 is 15.9 Å². The highest BCUT2D eigenvalue weighted by Gasteiger charge is 2.04. The first-order chi connectivity index (χ1) is 4.70. The van der Waals surface area contributed by atoms with Crippen LogP contribution in [0.2, 0.25) is 0 Å². The molecule has 0 saturated heterocycles. The third-order valence-electron chi connectivity index (χ3n) is 0.895. The molecular weight excluding hydrogens is 200 g/mol. The third-order valence-corrected chi connectivity index (χ3v) is 1.39. The van der Waals surface area contributed by atoms with E-state index < -0.39 is 4.92 Å². The fraction of sp³-hybridized carbons (Fsp3) is 0. The van der Waals surface area contributed by atoms with Gasteiger partial charge in [-0.2, -0.15) is 0 Å². The van der Waals surface area contributed by atoms with E-state index in [1.165, 1.54) is 12.3 Å². The Balaban J connectivity index is 3.07. The van der Waals surface area contributed by atoms with Crippen molar-refractivity contribution in [3.05, 3.63) is 32.9 Å². The minimum atomic E-state index is -0.537. The lowest BCUT2D eigenvalue weighted by atomic mass is 10.5. The zero-order chi connectivity index (χ0) is 7.56. The Morgan fingerprint density at radius 2 is 2.40 bits per heavy atom. The van der Waals surface area contributed by atoms with Crippen LogP contribution in [-0.4, -0.2) is 9.91 Å². The monoisotopic (exact) mass is 202 g/mol. The first-order valence-electron chi connectivity index (χ1n) is 2.46. The van der Waals surface area contributed by atoms with Crippen LogP contribution in [0.4, 0.5) is 5.82 Å². The van der Waals surface area contributed by atoms with Crippen molar-refractivity contribution in [2.45, 2.75) is 0 Å². The van der Waals surface area contributed by atoms with E-state index >= 15 is 0 Å². The SMILES string of the molecule is O=[N+]([O-])c1cc(Br)ccn1. The molecule has 0 aliphatic carbocycles. The molecule has 5 heteroatoms. The van der Waals surface area contributed by atoms with E-state index in [-0.39, 0.29) is 5.82 Å². The average Bonchev–Trinajstić information content (AvgIpc) is 1.88. The summed E-state index contributed by atoms with van der Waals surface area (Å²) in [6, 6.07) is 2.98. The molecule has 0 aliphatic heterocycles. The van der Waals surface area contributed by atoms with Gasteiger partial charge in [0, 0.05) is 4.47 Å². The zero-order valence-electron chi connectivity index (χ0n) is 4.82. The number of nitro groups is 1. The summed E-state index contributed by atoms with van der Waals surface area (Å²) in [5, 5.41) is 10.1. The van der Waals surface area contributed by atoms with Gasteiger partial charge in [0.25, 0.3) is 0 Å². The van der Waals surface area contributed by atoms with Crippen molar-refractivity contribution in [3.8, 4) is 0 Å². The van der Waals surface area contributed by atoms with E-state index in [1.54, 1.807) is 6.07 Å². The van der Waals surface area contributed by atoms with Crippen LogP contribution in [0.3, 0.4) is 0 Å². The van der Waals surface area contributed by atoms with Crippen molar-refractivity contribution >= 4 is 21.7 Å². The van der Waals surface area contributed by atoms with Crippen molar-refractivity contribution in [3.63, 3.8) is 0 Å². The molecule has 0 atom stereocenters. The summed E-state index contributed by atoms with van der Waals surface area (Å²) in [5.74, 6) is -0.144. The second-order valence-electron chi connectivity index (χ2n) is 1.59. The van der Waals surface area contributed by atoms with Gasteiger partial charge < -0.3 is 10.1 Å². The smallest absolute Gasteiger partial charge is 0.358 e. The van der Waals surface area contributed by atoms with Gasteiger partial charge in [-0.15, -0.1) is 0 Å². The van der Waals surface area contributed by atoms with Gasteiger partial charge >= 0.3 is 5.82 Å². The minimum Gasteiger partial charge on any atom is -0.358 e. The largest absolute Gasteiger partial charge is 0.364 e. The highest BCUT2D eigenvalue weighted by molar-refractivity contribution is 9.10. The first-order valence-corrected chi connectivity index (χ1v) is 3.25.